The number of benzene rings is 4. The molecule has 0 radical (unpaired) electrons. The molecule has 5 aromatic rings. The van der Waals surface area contributed by atoms with E-state index in [2.05, 4.69) is 34.7 Å². The Morgan fingerprint density at radius 3 is 2.43 bits per heavy atom. The van der Waals surface area contributed by atoms with Crippen LogP contribution in [0, 0.1) is 15.9 Å². The maximum atomic E-state index is 13.7. The van der Waals surface area contributed by atoms with Gasteiger partial charge < -0.3 is 15.1 Å². The molecule has 1 aliphatic carbocycles. The van der Waals surface area contributed by atoms with Crippen molar-refractivity contribution in [1.82, 2.24) is 19.8 Å². The summed E-state index contributed by atoms with van der Waals surface area (Å²) >= 11 is 1.65. The number of hydrogen-bond donors (Lipinski definition) is 2. The van der Waals surface area contributed by atoms with Gasteiger partial charge in [0.15, 0.2) is 5.82 Å². The molecule has 12 nitrogen and oxygen atoms in total. The van der Waals surface area contributed by atoms with Gasteiger partial charge in [0.1, 0.15) is 17.8 Å². The molecule has 2 aliphatic rings. The number of hydrogen-bond acceptors (Lipinski definition) is 11. The Morgan fingerprint density at radius 1 is 0.931 bits per heavy atom. The highest BCUT2D eigenvalue weighted by Gasteiger charge is 2.26. The number of nitrogens with zero attached hydrogens (tertiary/aromatic N) is 6. The van der Waals surface area contributed by atoms with E-state index < -0.39 is 14.9 Å². The Balaban J connectivity index is 1.02. The van der Waals surface area contributed by atoms with Gasteiger partial charge >= 0.3 is 0 Å². The van der Waals surface area contributed by atoms with Gasteiger partial charge in [-0.3, -0.25) is 19.7 Å². The van der Waals surface area contributed by atoms with Gasteiger partial charge in [0, 0.05) is 66.6 Å². The first-order chi connectivity index (χ1) is 28.0. The number of anilines is 3. The van der Waals surface area contributed by atoms with E-state index in [-0.39, 0.29) is 33.9 Å². The summed E-state index contributed by atoms with van der Waals surface area (Å²) in [5.74, 6) is 0.535. The number of sulfonamides is 1. The average molecular weight is 825 g/mol. The summed E-state index contributed by atoms with van der Waals surface area (Å²) in [4.78, 5) is 28.1. The van der Waals surface area contributed by atoms with E-state index in [0.29, 0.717) is 16.7 Å². The van der Waals surface area contributed by atoms with Crippen molar-refractivity contribution >= 4 is 61.1 Å². The fourth-order valence-electron chi connectivity index (χ4n) is 7.58. The molecule has 2 heterocycles. The summed E-state index contributed by atoms with van der Waals surface area (Å²) in [6.45, 7) is 5.08. The number of nitro benzene ring substituents is 1. The quantitative estimate of drug-likeness (QED) is 0.0567. The lowest BCUT2D eigenvalue weighted by molar-refractivity contribution is -0.384. The summed E-state index contributed by atoms with van der Waals surface area (Å²) in [6, 6.07) is 26.3. The molecule has 1 fully saturated rings. The second kappa shape index (κ2) is 18.7. The Morgan fingerprint density at radius 2 is 1.69 bits per heavy atom. The second-order valence-corrected chi connectivity index (χ2v) is 17.9. The van der Waals surface area contributed by atoms with Crippen LogP contribution in [0.5, 0.6) is 0 Å². The third-order valence-electron chi connectivity index (χ3n) is 10.7. The fourth-order valence-corrected chi connectivity index (χ4v) is 9.62. The molecule has 0 unspecified atom stereocenters. The molecule has 1 aromatic heterocycles. The number of fused-ring (bicyclic) bond motifs is 1. The van der Waals surface area contributed by atoms with Gasteiger partial charge in [0.25, 0.3) is 15.7 Å². The Bertz CT molecular complexity index is 2360. The van der Waals surface area contributed by atoms with E-state index in [9.17, 15) is 22.9 Å². The molecule has 15 heteroatoms. The monoisotopic (exact) mass is 824 g/mol. The summed E-state index contributed by atoms with van der Waals surface area (Å²) < 4.78 is 43.6. The zero-order chi connectivity index (χ0) is 40.6. The third kappa shape index (κ3) is 10.3. The van der Waals surface area contributed by atoms with Crippen LogP contribution < -0.4 is 14.9 Å². The van der Waals surface area contributed by atoms with Gasteiger partial charge in [-0.25, -0.2) is 22.8 Å². The molecule has 2 N–H and O–H groups in total. The molecule has 304 valence electrons. The van der Waals surface area contributed by atoms with E-state index >= 15 is 0 Å². The van der Waals surface area contributed by atoms with Crippen LogP contribution in [-0.2, 0) is 10.0 Å². The van der Waals surface area contributed by atoms with Gasteiger partial charge in [-0.2, -0.15) is 0 Å². The van der Waals surface area contributed by atoms with Gasteiger partial charge in [-0.1, -0.05) is 35.9 Å². The summed E-state index contributed by atoms with van der Waals surface area (Å²) in [6.07, 6.45) is 6.46. The lowest BCUT2D eigenvalue weighted by Gasteiger charge is -2.37. The van der Waals surface area contributed by atoms with Crippen molar-refractivity contribution in [3.05, 3.63) is 124 Å². The Labute approximate surface area is 343 Å². The molecule has 4 aromatic carbocycles. The van der Waals surface area contributed by atoms with Crippen LogP contribution in [0.2, 0.25) is 0 Å². The van der Waals surface area contributed by atoms with Crippen LogP contribution in [0.15, 0.2) is 113 Å². The number of aromatic nitrogens is 2. The summed E-state index contributed by atoms with van der Waals surface area (Å²) in [5.41, 5.74) is 5.40. The van der Waals surface area contributed by atoms with E-state index in [1.807, 2.05) is 74.8 Å². The minimum absolute atomic E-state index is 0.0885. The molecule has 58 heavy (non-hydrogen) atoms. The van der Waals surface area contributed by atoms with Crippen LogP contribution in [-0.4, -0.2) is 98.3 Å². The number of nitrogens with one attached hydrogen (secondary N) is 2. The topological polar surface area (TPSA) is 137 Å². The molecule has 0 bridgehead atoms. The average Bonchev–Trinajstić information content (AvgIpc) is 3.23. The van der Waals surface area contributed by atoms with Crippen LogP contribution in [0.3, 0.4) is 0 Å². The lowest BCUT2D eigenvalue weighted by atomic mass is 9.87. The maximum absolute atomic E-state index is 13.7. The van der Waals surface area contributed by atoms with Gasteiger partial charge in [0.05, 0.1) is 15.3 Å². The Hall–Kier alpha value is -5.09. The van der Waals surface area contributed by atoms with Gasteiger partial charge in [-0.15, -0.1) is 11.8 Å². The van der Waals surface area contributed by atoms with Crippen molar-refractivity contribution in [2.24, 2.45) is 0 Å². The largest absolute Gasteiger partial charge is 0.376 e. The first-order valence-electron chi connectivity index (χ1n) is 19.6. The number of rotatable bonds is 16. The van der Waals surface area contributed by atoms with E-state index in [4.69, 9.17) is 0 Å². The van der Waals surface area contributed by atoms with Crippen LogP contribution >= 0.6 is 11.8 Å². The van der Waals surface area contributed by atoms with Crippen molar-refractivity contribution in [2.45, 2.75) is 47.9 Å². The zero-order valence-corrected chi connectivity index (χ0v) is 34.4. The first-order valence-corrected chi connectivity index (χ1v) is 22.1. The highest BCUT2D eigenvalue weighted by atomic mass is 32.2. The number of allylic oxidation sites excluding steroid dienone is 1. The van der Waals surface area contributed by atoms with E-state index in [1.54, 1.807) is 23.9 Å². The lowest BCUT2D eigenvalue weighted by Crippen LogP contribution is -2.47. The zero-order valence-electron chi connectivity index (χ0n) is 32.8. The van der Waals surface area contributed by atoms with Crippen LogP contribution in [0.1, 0.15) is 37.7 Å². The number of piperazine rings is 1. The molecule has 1 aliphatic heterocycles. The molecule has 7 rings (SSSR count). The van der Waals surface area contributed by atoms with Crippen LogP contribution in [0.4, 0.5) is 27.3 Å². The molecular weight excluding hydrogens is 776 g/mol. The predicted molar refractivity (Wildman–Crippen MR) is 232 cm³/mol. The molecule has 0 amide bonds. The van der Waals surface area contributed by atoms with E-state index in [1.165, 1.54) is 36.0 Å². The normalized spacial score (nSPS) is 15.8. The molecule has 0 saturated carbocycles. The van der Waals surface area contributed by atoms with Crippen molar-refractivity contribution in [3.63, 3.8) is 0 Å². The fraction of sp³-hybridized carbons (Fsp3) is 0.349. The van der Waals surface area contributed by atoms with Gasteiger partial charge in [-0.05, 0) is 118 Å². The second-order valence-electron chi connectivity index (χ2n) is 15.1. The van der Waals surface area contributed by atoms with Crippen molar-refractivity contribution in [1.29, 1.82) is 0 Å². The van der Waals surface area contributed by atoms with Crippen molar-refractivity contribution in [2.75, 3.05) is 74.1 Å². The van der Waals surface area contributed by atoms with Gasteiger partial charge in [0.2, 0.25) is 0 Å². The Kier molecular flexibility index (Phi) is 13.2. The van der Waals surface area contributed by atoms with Crippen molar-refractivity contribution in [3.8, 4) is 0 Å². The molecule has 1 atom stereocenters. The minimum atomic E-state index is -4.27. The highest BCUT2D eigenvalue weighted by Crippen LogP contribution is 2.35. The smallest absolute Gasteiger partial charge is 0.293 e. The van der Waals surface area contributed by atoms with E-state index in [0.717, 1.165) is 87.2 Å². The molecule has 1 saturated heterocycles. The standard InChI is InChI=1S/C43H49FN8O4S2/c1-49(2)21-20-34(29-57-36-9-4-3-5-10-36)47-40-19-17-37(27-42(40)52(53)54)58(55,56)48-43-39-18-16-35(26-41(39)45-30-46-43)51-24-22-50(23-25-51)28-32-8-6-7-11-38(32)31-12-14-33(44)15-13-31/h3-5,9-10,12-19,26-27,30,34,47H,6-8,11,20-25,28-29H2,1-2H3,(H,45,46,48)/t34-/m1/s1. The van der Waals surface area contributed by atoms with Crippen molar-refractivity contribution < 1.29 is 17.7 Å². The van der Waals surface area contributed by atoms with Crippen LogP contribution in [0.25, 0.3) is 16.5 Å². The highest BCUT2D eigenvalue weighted by molar-refractivity contribution is 7.99. The summed E-state index contributed by atoms with van der Waals surface area (Å²) in [7, 11) is -0.316. The summed E-state index contributed by atoms with van der Waals surface area (Å²) in [5, 5.41) is 16.1. The number of nitro groups is 1. The molecule has 0 spiro atoms. The molecular formula is C43H49FN8O4S2. The minimum Gasteiger partial charge on any atom is -0.376 e. The first kappa shape index (κ1) is 41.1. The number of thioether (sulfide) groups is 1. The number of halogens is 1. The maximum Gasteiger partial charge on any atom is 0.293 e. The predicted octanol–water partition coefficient (Wildman–Crippen LogP) is 8.15. The SMILES string of the molecule is CN(C)CC[C@H](CSc1ccccc1)Nc1ccc(S(=O)(=O)Nc2ncnc3cc(N4CCN(CC5=C(c6ccc(F)cc6)CCCC5)CC4)ccc23)cc1[N+](=O)[O-]. The third-order valence-corrected chi connectivity index (χ3v) is 13.2.